The Hall–Kier alpha value is -3.16. The van der Waals surface area contributed by atoms with Crippen LogP contribution in [0, 0.1) is 5.92 Å². The highest BCUT2D eigenvalue weighted by molar-refractivity contribution is 6.01. The van der Waals surface area contributed by atoms with E-state index in [2.05, 4.69) is 5.32 Å². The minimum atomic E-state index is -4.46. The normalized spacial score (nSPS) is 15.4. The molecule has 8 heteroatoms. The Balaban J connectivity index is 1.74. The fraction of sp³-hybridized carbons (Fsp3) is 0.375. The number of alkyl halides is 3. The van der Waals surface area contributed by atoms with Crippen molar-refractivity contribution in [2.45, 2.75) is 51.9 Å². The summed E-state index contributed by atoms with van der Waals surface area (Å²) in [7, 11) is 0. The van der Waals surface area contributed by atoms with Crippen LogP contribution in [0.3, 0.4) is 0 Å². The molecule has 5 nitrogen and oxygen atoms in total. The predicted molar refractivity (Wildman–Crippen MR) is 112 cm³/mol. The number of rotatable bonds is 7. The summed E-state index contributed by atoms with van der Waals surface area (Å²) in [6.45, 7) is 4.02. The molecule has 0 spiro atoms. The van der Waals surface area contributed by atoms with Gasteiger partial charge in [-0.1, -0.05) is 38.1 Å². The molecule has 0 aromatic heterocycles. The van der Waals surface area contributed by atoms with E-state index in [9.17, 15) is 27.6 Å². The lowest BCUT2D eigenvalue weighted by atomic mass is 9.95. The zero-order chi connectivity index (χ0) is 23.5. The molecule has 2 aromatic carbocycles. The second-order valence-electron chi connectivity index (χ2n) is 8.35. The molecule has 1 aliphatic heterocycles. The Morgan fingerprint density at radius 2 is 1.66 bits per heavy atom. The number of halogens is 3. The van der Waals surface area contributed by atoms with E-state index >= 15 is 0 Å². The van der Waals surface area contributed by atoms with Crippen molar-refractivity contribution >= 4 is 17.7 Å². The van der Waals surface area contributed by atoms with Crippen LogP contribution in [0.15, 0.2) is 48.5 Å². The zero-order valence-electron chi connectivity index (χ0n) is 17.9. The first-order valence-electron chi connectivity index (χ1n) is 10.4. The number of imide groups is 1. The number of nitrogens with zero attached hydrogens (tertiary/aromatic N) is 1. The largest absolute Gasteiger partial charge is 0.416 e. The number of carbonyl (C=O) groups excluding carboxylic acids is 3. The maximum absolute atomic E-state index is 13.1. The molecule has 32 heavy (non-hydrogen) atoms. The lowest BCUT2D eigenvalue weighted by molar-refractivity contribution is -0.139. The quantitative estimate of drug-likeness (QED) is 0.617. The van der Waals surface area contributed by atoms with E-state index < -0.39 is 23.7 Å². The first-order chi connectivity index (χ1) is 15.0. The van der Waals surface area contributed by atoms with E-state index in [1.165, 1.54) is 11.0 Å². The third-order valence-electron chi connectivity index (χ3n) is 5.34. The van der Waals surface area contributed by atoms with Gasteiger partial charge >= 0.3 is 6.18 Å². The molecule has 3 amide bonds. The van der Waals surface area contributed by atoms with Crippen LogP contribution in [0.4, 0.5) is 13.2 Å². The molecule has 0 unspecified atom stereocenters. The van der Waals surface area contributed by atoms with Crippen molar-refractivity contribution in [1.82, 2.24) is 10.2 Å². The highest BCUT2D eigenvalue weighted by Gasteiger charge is 2.31. The predicted octanol–water partition coefficient (Wildman–Crippen LogP) is 4.87. The third kappa shape index (κ3) is 5.75. The first-order valence-corrected chi connectivity index (χ1v) is 10.4. The van der Waals surface area contributed by atoms with E-state index in [1.807, 2.05) is 13.8 Å². The van der Waals surface area contributed by atoms with Crippen molar-refractivity contribution < 1.29 is 27.6 Å². The standard InChI is InChI=1S/C24H25F3N2O3/c1-15(2)12-20(18-4-3-5-19(13-18)24(25,26)27)28-23(32)17-8-6-16(7-9-17)14-29-21(30)10-11-22(29)31/h3-9,13,15,20H,10-12,14H2,1-2H3,(H,28,32)/t20-/m0/s1. The average Bonchev–Trinajstić information content (AvgIpc) is 3.05. The molecule has 1 saturated heterocycles. The smallest absolute Gasteiger partial charge is 0.345 e. The average molecular weight is 446 g/mol. The van der Waals surface area contributed by atoms with Crippen molar-refractivity contribution in [3.63, 3.8) is 0 Å². The maximum atomic E-state index is 13.1. The van der Waals surface area contributed by atoms with Gasteiger partial charge in [0.2, 0.25) is 11.8 Å². The monoisotopic (exact) mass is 446 g/mol. The maximum Gasteiger partial charge on any atom is 0.416 e. The number of nitrogens with one attached hydrogen (secondary N) is 1. The second-order valence-corrected chi connectivity index (χ2v) is 8.35. The van der Waals surface area contributed by atoms with Gasteiger partial charge in [0.05, 0.1) is 18.2 Å². The highest BCUT2D eigenvalue weighted by atomic mass is 19.4. The SMILES string of the molecule is CC(C)C[C@H](NC(=O)c1ccc(CN2C(=O)CCC2=O)cc1)c1cccc(C(F)(F)F)c1. The van der Waals surface area contributed by atoms with Gasteiger partial charge in [0.25, 0.3) is 5.91 Å². The number of hydrogen-bond acceptors (Lipinski definition) is 3. The van der Waals surface area contributed by atoms with Crippen LogP contribution in [0.2, 0.25) is 0 Å². The van der Waals surface area contributed by atoms with Crippen molar-refractivity contribution in [1.29, 1.82) is 0 Å². The van der Waals surface area contributed by atoms with Crippen LogP contribution in [-0.4, -0.2) is 22.6 Å². The minimum Gasteiger partial charge on any atom is -0.345 e. The van der Waals surface area contributed by atoms with Crippen LogP contribution in [-0.2, 0) is 22.3 Å². The fourth-order valence-corrected chi connectivity index (χ4v) is 3.67. The van der Waals surface area contributed by atoms with Crippen LogP contribution >= 0.6 is 0 Å². The van der Waals surface area contributed by atoms with Crippen LogP contribution in [0.25, 0.3) is 0 Å². The first kappa shape index (κ1) is 23.5. The molecular formula is C24H25F3N2O3. The van der Waals surface area contributed by atoms with Crippen molar-refractivity contribution in [2.75, 3.05) is 0 Å². The van der Waals surface area contributed by atoms with Crippen molar-refractivity contribution in [3.05, 3.63) is 70.8 Å². The molecule has 170 valence electrons. The minimum absolute atomic E-state index is 0.146. The van der Waals surface area contributed by atoms with Gasteiger partial charge in [-0.05, 0) is 47.7 Å². The molecule has 0 radical (unpaired) electrons. The van der Waals surface area contributed by atoms with E-state index in [0.29, 0.717) is 23.1 Å². The molecule has 1 aliphatic rings. The molecular weight excluding hydrogens is 421 g/mol. The Morgan fingerprint density at radius 3 is 2.22 bits per heavy atom. The number of amides is 3. The van der Waals surface area contributed by atoms with Gasteiger partial charge in [0.15, 0.2) is 0 Å². The van der Waals surface area contributed by atoms with E-state index in [4.69, 9.17) is 0 Å². The number of likely N-dealkylation sites (tertiary alicyclic amines) is 1. The summed E-state index contributed by atoms with van der Waals surface area (Å²) in [5, 5.41) is 2.84. The van der Waals surface area contributed by atoms with Gasteiger partial charge < -0.3 is 5.32 Å². The summed E-state index contributed by atoms with van der Waals surface area (Å²) in [5.41, 5.74) is 0.688. The Morgan fingerprint density at radius 1 is 1.03 bits per heavy atom. The Labute approximate surface area is 184 Å². The molecule has 1 heterocycles. The molecule has 3 rings (SSSR count). The lowest BCUT2D eigenvalue weighted by Gasteiger charge is -2.22. The zero-order valence-corrected chi connectivity index (χ0v) is 17.9. The van der Waals surface area contributed by atoms with Crippen LogP contribution in [0.5, 0.6) is 0 Å². The topological polar surface area (TPSA) is 66.5 Å². The Bertz CT molecular complexity index is 984. The summed E-state index contributed by atoms with van der Waals surface area (Å²) < 4.78 is 39.4. The third-order valence-corrected chi connectivity index (χ3v) is 5.34. The molecule has 0 aliphatic carbocycles. The molecule has 1 N–H and O–H groups in total. The van der Waals surface area contributed by atoms with Gasteiger partial charge in [-0.3, -0.25) is 19.3 Å². The summed E-state index contributed by atoms with van der Waals surface area (Å²) in [5.74, 6) is -0.690. The summed E-state index contributed by atoms with van der Waals surface area (Å²) in [6, 6.07) is 10.9. The van der Waals surface area contributed by atoms with Crippen LogP contribution in [0.1, 0.15) is 66.2 Å². The summed E-state index contributed by atoms with van der Waals surface area (Å²) in [4.78, 5) is 37.5. The molecule has 1 fully saturated rings. The van der Waals surface area contributed by atoms with Crippen molar-refractivity contribution in [2.24, 2.45) is 5.92 Å². The van der Waals surface area contributed by atoms with Gasteiger partial charge in [-0.2, -0.15) is 13.2 Å². The van der Waals surface area contributed by atoms with Gasteiger partial charge in [0, 0.05) is 18.4 Å². The highest BCUT2D eigenvalue weighted by Crippen LogP contribution is 2.32. The fourth-order valence-electron chi connectivity index (χ4n) is 3.67. The molecule has 0 bridgehead atoms. The number of carbonyl (C=O) groups is 3. The molecule has 0 saturated carbocycles. The Kier molecular flexibility index (Phi) is 7.01. The van der Waals surface area contributed by atoms with Gasteiger partial charge in [-0.25, -0.2) is 0 Å². The van der Waals surface area contributed by atoms with Gasteiger partial charge in [-0.15, -0.1) is 0 Å². The van der Waals surface area contributed by atoms with E-state index in [1.54, 1.807) is 30.3 Å². The molecule has 2 aromatic rings. The summed E-state index contributed by atoms with van der Waals surface area (Å²) >= 11 is 0. The van der Waals surface area contributed by atoms with E-state index in [0.717, 1.165) is 12.1 Å². The number of hydrogen-bond donors (Lipinski definition) is 1. The second kappa shape index (κ2) is 9.54. The van der Waals surface area contributed by atoms with Crippen LogP contribution < -0.4 is 5.32 Å². The van der Waals surface area contributed by atoms with Gasteiger partial charge in [0.1, 0.15) is 0 Å². The molecule has 1 atom stereocenters. The summed E-state index contributed by atoms with van der Waals surface area (Å²) in [6.07, 6.45) is -3.56. The van der Waals surface area contributed by atoms with Crippen molar-refractivity contribution in [3.8, 4) is 0 Å². The van der Waals surface area contributed by atoms with E-state index in [-0.39, 0.29) is 37.1 Å². The number of benzene rings is 2. The lowest BCUT2D eigenvalue weighted by Crippen LogP contribution is -2.30.